The second-order valence-corrected chi connectivity index (χ2v) is 13.4. The summed E-state index contributed by atoms with van der Waals surface area (Å²) in [6.45, 7) is 3.69. The van der Waals surface area contributed by atoms with E-state index >= 15 is 0 Å². The zero-order valence-corrected chi connectivity index (χ0v) is 28.0. The van der Waals surface area contributed by atoms with Crippen LogP contribution < -0.4 is 24.3 Å². The molecule has 3 aromatic rings. The first kappa shape index (κ1) is 31.9. The maximum atomic E-state index is 14.7. The predicted molar refractivity (Wildman–Crippen MR) is 180 cm³/mol. The highest BCUT2D eigenvalue weighted by atomic mass is 35.5. The van der Waals surface area contributed by atoms with Crippen molar-refractivity contribution in [1.82, 2.24) is 15.1 Å². The molecule has 0 aromatic heterocycles. The van der Waals surface area contributed by atoms with Crippen molar-refractivity contribution in [3.8, 4) is 23.0 Å². The maximum Gasteiger partial charge on any atom is 0.252 e. The number of carbonyl (C=O) groups excluding carboxylic acids is 2. The molecule has 2 atom stereocenters. The third-order valence-electron chi connectivity index (χ3n) is 8.94. The Balaban J connectivity index is 1.13. The fourth-order valence-corrected chi connectivity index (χ4v) is 7.01. The Hall–Kier alpha value is -3.63. The van der Waals surface area contributed by atoms with Gasteiger partial charge in [-0.3, -0.25) is 9.59 Å². The van der Waals surface area contributed by atoms with E-state index in [0.717, 1.165) is 29.5 Å². The largest absolute Gasteiger partial charge is 0.490 e. The number of fused-ring (bicyclic) bond motifs is 3. The van der Waals surface area contributed by atoms with Crippen LogP contribution >= 0.6 is 34.8 Å². The van der Waals surface area contributed by atoms with Crippen LogP contribution in [0.4, 0.5) is 0 Å². The molecule has 3 aromatic carbocycles. The minimum atomic E-state index is -0.297. The van der Waals surface area contributed by atoms with E-state index in [9.17, 15) is 9.59 Å². The summed E-state index contributed by atoms with van der Waals surface area (Å²) in [6.07, 6.45) is 2.46. The Morgan fingerprint density at radius 2 is 1.70 bits per heavy atom. The number of benzene rings is 3. The highest BCUT2D eigenvalue weighted by Gasteiger charge is 2.43. The standard InChI is InChI=1S/C35H34Cl3N3O6/c1-20(42)40-17-23-14-26(21-5-9-25(10-6-21)44-11-12-45-30-4-2-3-27(36)34(30)38)33(29(18-40)39-23)35(43)41(24-7-8-24)16-22-13-31-32(15-28(22)37)47-19-46-31/h2-6,9-10,13,15,23-24,29,39H,7-8,11-12,14,16-19H2,1H3/t23-,29-/m1/s1. The molecule has 1 N–H and O–H groups in total. The third-order valence-corrected chi connectivity index (χ3v) is 10.1. The second kappa shape index (κ2) is 13.5. The van der Waals surface area contributed by atoms with Gasteiger partial charge in [0, 0.05) is 55.3 Å². The van der Waals surface area contributed by atoms with Crippen molar-refractivity contribution < 1.29 is 28.5 Å². The van der Waals surface area contributed by atoms with Gasteiger partial charge in [0.25, 0.3) is 5.91 Å². The summed E-state index contributed by atoms with van der Waals surface area (Å²) >= 11 is 18.9. The van der Waals surface area contributed by atoms with Crippen molar-refractivity contribution in [1.29, 1.82) is 0 Å². The van der Waals surface area contributed by atoms with Gasteiger partial charge in [-0.2, -0.15) is 0 Å². The molecule has 0 spiro atoms. The van der Waals surface area contributed by atoms with Crippen LogP contribution in [0.25, 0.3) is 5.57 Å². The number of amides is 2. The van der Waals surface area contributed by atoms with Crippen LogP contribution in [0.5, 0.6) is 23.0 Å². The molecule has 12 heteroatoms. The minimum absolute atomic E-state index is 0.00561. The molecule has 2 fully saturated rings. The topological polar surface area (TPSA) is 89.6 Å². The molecule has 47 heavy (non-hydrogen) atoms. The number of rotatable bonds is 10. The lowest BCUT2D eigenvalue weighted by atomic mass is 9.82. The summed E-state index contributed by atoms with van der Waals surface area (Å²) < 4.78 is 22.7. The first-order valence-corrected chi connectivity index (χ1v) is 16.8. The highest BCUT2D eigenvalue weighted by Crippen LogP contribution is 2.41. The van der Waals surface area contributed by atoms with Gasteiger partial charge in [0.15, 0.2) is 11.5 Å². The van der Waals surface area contributed by atoms with Gasteiger partial charge in [0.1, 0.15) is 29.7 Å². The molecule has 1 aliphatic carbocycles. The number of carbonyl (C=O) groups is 2. The summed E-state index contributed by atoms with van der Waals surface area (Å²) in [7, 11) is 0. The molecule has 9 nitrogen and oxygen atoms in total. The van der Waals surface area contributed by atoms with Gasteiger partial charge < -0.3 is 34.1 Å². The van der Waals surface area contributed by atoms with Crippen molar-refractivity contribution in [3.63, 3.8) is 0 Å². The zero-order valence-electron chi connectivity index (χ0n) is 25.8. The van der Waals surface area contributed by atoms with Crippen LogP contribution in [0, 0.1) is 0 Å². The van der Waals surface area contributed by atoms with E-state index in [4.69, 9.17) is 53.8 Å². The number of piperazine rings is 1. The van der Waals surface area contributed by atoms with Crippen molar-refractivity contribution in [2.24, 2.45) is 0 Å². The molecule has 3 heterocycles. The molecular formula is C35H34Cl3N3O6. The summed E-state index contributed by atoms with van der Waals surface area (Å²) in [5, 5.41) is 4.97. The number of nitrogens with one attached hydrogen (secondary N) is 1. The van der Waals surface area contributed by atoms with Gasteiger partial charge >= 0.3 is 0 Å². The van der Waals surface area contributed by atoms with E-state index in [1.165, 1.54) is 0 Å². The lowest BCUT2D eigenvalue weighted by Crippen LogP contribution is -2.61. The fraction of sp³-hybridized carbons (Fsp3) is 0.371. The van der Waals surface area contributed by atoms with E-state index < -0.39 is 0 Å². The first-order chi connectivity index (χ1) is 22.7. The molecule has 2 amide bonds. The molecule has 2 bridgehead atoms. The van der Waals surface area contributed by atoms with Crippen molar-refractivity contribution in [2.75, 3.05) is 33.1 Å². The number of hydrogen-bond donors (Lipinski definition) is 1. The van der Waals surface area contributed by atoms with Gasteiger partial charge in [0.2, 0.25) is 12.7 Å². The van der Waals surface area contributed by atoms with Gasteiger partial charge in [-0.15, -0.1) is 0 Å². The lowest BCUT2D eigenvalue weighted by molar-refractivity contribution is -0.132. The normalized spacial score (nSPS) is 19.9. The van der Waals surface area contributed by atoms with Crippen LogP contribution in [0.3, 0.4) is 0 Å². The average molecular weight is 699 g/mol. The van der Waals surface area contributed by atoms with Crippen molar-refractivity contribution in [3.05, 3.63) is 86.4 Å². The number of ether oxygens (including phenoxy) is 4. The molecular weight excluding hydrogens is 665 g/mol. The molecule has 1 saturated carbocycles. The van der Waals surface area contributed by atoms with E-state index in [1.807, 2.05) is 40.1 Å². The predicted octanol–water partition coefficient (Wildman–Crippen LogP) is 6.37. The summed E-state index contributed by atoms with van der Waals surface area (Å²) in [4.78, 5) is 30.9. The number of nitrogens with zero attached hydrogens (tertiary/aromatic N) is 2. The SMILES string of the molecule is CC(=O)N1C[C@H]2CC(c3ccc(OCCOc4cccc(Cl)c4Cl)cc3)=C(C(=O)N(Cc3cc4c(cc3Cl)OCO4)C3CC3)[C@@H](C1)N2. The highest BCUT2D eigenvalue weighted by molar-refractivity contribution is 6.42. The Morgan fingerprint density at radius 1 is 0.957 bits per heavy atom. The van der Waals surface area contributed by atoms with Crippen LogP contribution in [-0.2, 0) is 16.1 Å². The van der Waals surface area contributed by atoms with E-state index in [2.05, 4.69) is 5.32 Å². The van der Waals surface area contributed by atoms with Crippen LogP contribution in [0.2, 0.25) is 15.1 Å². The number of halogens is 3. The minimum Gasteiger partial charge on any atom is -0.490 e. The van der Waals surface area contributed by atoms with Crippen molar-refractivity contribution in [2.45, 2.75) is 50.9 Å². The summed E-state index contributed by atoms with van der Waals surface area (Å²) in [5.74, 6) is 2.37. The molecule has 246 valence electrons. The lowest BCUT2D eigenvalue weighted by Gasteiger charge is -2.44. The molecule has 4 aliphatic rings. The average Bonchev–Trinajstić information content (AvgIpc) is 3.80. The van der Waals surface area contributed by atoms with E-state index in [1.54, 1.807) is 31.2 Å². The summed E-state index contributed by atoms with van der Waals surface area (Å²) in [6, 6.07) is 16.5. The van der Waals surface area contributed by atoms with E-state index in [0.29, 0.717) is 76.3 Å². The Kier molecular flexibility index (Phi) is 9.16. The third kappa shape index (κ3) is 6.85. The second-order valence-electron chi connectivity index (χ2n) is 12.2. The van der Waals surface area contributed by atoms with E-state index in [-0.39, 0.29) is 43.3 Å². The fourth-order valence-electron chi connectivity index (χ4n) is 6.45. The molecule has 0 radical (unpaired) electrons. The molecule has 3 aliphatic heterocycles. The molecule has 1 saturated heterocycles. The van der Waals surface area contributed by atoms with Crippen LogP contribution in [0.1, 0.15) is 37.3 Å². The van der Waals surface area contributed by atoms with Crippen LogP contribution in [0.15, 0.2) is 60.2 Å². The van der Waals surface area contributed by atoms with Crippen molar-refractivity contribution >= 4 is 52.2 Å². The molecule has 7 rings (SSSR count). The monoisotopic (exact) mass is 697 g/mol. The van der Waals surface area contributed by atoms with Gasteiger partial charge in [-0.05, 0) is 66.3 Å². The summed E-state index contributed by atoms with van der Waals surface area (Å²) in [5.41, 5.74) is 3.43. The maximum absolute atomic E-state index is 14.7. The number of hydrogen-bond acceptors (Lipinski definition) is 7. The Bertz CT molecular complexity index is 1730. The smallest absolute Gasteiger partial charge is 0.252 e. The first-order valence-electron chi connectivity index (χ1n) is 15.7. The Morgan fingerprint density at radius 3 is 2.45 bits per heavy atom. The van der Waals surface area contributed by atoms with Gasteiger partial charge in [-0.1, -0.05) is 53.0 Å². The quantitative estimate of drug-likeness (QED) is 0.246. The Labute approximate surface area is 288 Å². The van der Waals surface area contributed by atoms with Gasteiger partial charge in [-0.25, -0.2) is 0 Å². The van der Waals surface area contributed by atoms with Gasteiger partial charge in [0.05, 0.1) is 11.1 Å². The molecule has 0 unspecified atom stereocenters. The van der Waals surface area contributed by atoms with Crippen LogP contribution in [-0.4, -0.2) is 72.8 Å². The zero-order chi connectivity index (χ0) is 32.7.